The van der Waals surface area contributed by atoms with E-state index in [2.05, 4.69) is 0 Å². The Morgan fingerprint density at radius 2 is 1.72 bits per heavy atom. The van der Waals surface area contributed by atoms with E-state index in [1.54, 1.807) is 18.2 Å². The first-order valence-corrected chi connectivity index (χ1v) is 7.79. The number of hydrogen-bond donors (Lipinski definition) is 0. The van der Waals surface area contributed by atoms with E-state index in [-0.39, 0.29) is 24.5 Å². The number of halogens is 2. The third-order valence-corrected chi connectivity index (χ3v) is 4.48. The molecule has 0 N–H and O–H groups in total. The highest BCUT2D eigenvalue weighted by atomic mass is 19.1. The summed E-state index contributed by atoms with van der Waals surface area (Å²) in [7, 11) is 0. The van der Waals surface area contributed by atoms with Gasteiger partial charge in [-0.05, 0) is 35.9 Å². The number of carbonyl (C=O) groups is 2. The van der Waals surface area contributed by atoms with Crippen molar-refractivity contribution in [2.45, 2.75) is 12.3 Å². The average molecular weight is 341 g/mol. The van der Waals surface area contributed by atoms with Crippen LogP contribution in [0.4, 0.5) is 14.5 Å². The standard InChI is InChI=1S/C19H13F2NO3/c20-11-5-7-12(8-6-11)22-16-10-25-19(24)18(16)14(9-17(22)23)13-3-1-2-4-15(13)21/h1-8,14H,9-10H2/t14-/m1/s1. The number of ether oxygens (including phenoxy) is 1. The highest BCUT2D eigenvalue weighted by molar-refractivity contribution is 6.06. The van der Waals surface area contributed by atoms with Crippen LogP contribution >= 0.6 is 0 Å². The van der Waals surface area contributed by atoms with E-state index in [1.165, 1.54) is 35.2 Å². The summed E-state index contributed by atoms with van der Waals surface area (Å²) in [6.07, 6.45) is -0.0633. The highest BCUT2D eigenvalue weighted by Crippen LogP contribution is 2.42. The summed E-state index contributed by atoms with van der Waals surface area (Å²) < 4.78 is 32.5. The van der Waals surface area contributed by atoms with Crippen LogP contribution in [0.1, 0.15) is 17.9 Å². The Labute approximate surface area is 142 Å². The topological polar surface area (TPSA) is 46.6 Å². The lowest BCUT2D eigenvalue weighted by molar-refractivity contribution is -0.136. The zero-order chi connectivity index (χ0) is 17.6. The Morgan fingerprint density at radius 3 is 2.44 bits per heavy atom. The SMILES string of the molecule is O=C1OCC2=C1[C@@H](c1ccccc1F)CC(=O)N2c1ccc(F)cc1. The van der Waals surface area contributed by atoms with Crippen molar-refractivity contribution >= 4 is 17.6 Å². The Balaban J connectivity index is 1.85. The predicted octanol–water partition coefficient (Wildman–Crippen LogP) is 3.30. The van der Waals surface area contributed by atoms with E-state index < -0.39 is 23.5 Å². The Bertz CT molecular complexity index is 905. The minimum Gasteiger partial charge on any atom is -0.456 e. The second-order valence-electron chi connectivity index (χ2n) is 5.92. The molecule has 0 aromatic heterocycles. The van der Waals surface area contributed by atoms with Crippen LogP contribution < -0.4 is 4.90 Å². The summed E-state index contributed by atoms with van der Waals surface area (Å²) in [6.45, 7) is -0.0672. The minimum absolute atomic E-state index is 0.0633. The number of benzene rings is 2. The summed E-state index contributed by atoms with van der Waals surface area (Å²) >= 11 is 0. The van der Waals surface area contributed by atoms with Crippen LogP contribution in [0.25, 0.3) is 0 Å². The third kappa shape index (κ3) is 2.50. The van der Waals surface area contributed by atoms with Gasteiger partial charge in [0.2, 0.25) is 5.91 Å². The van der Waals surface area contributed by atoms with Crippen molar-refractivity contribution in [1.82, 2.24) is 0 Å². The van der Waals surface area contributed by atoms with Gasteiger partial charge in [0, 0.05) is 18.0 Å². The molecule has 4 nitrogen and oxygen atoms in total. The fourth-order valence-electron chi connectivity index (χ4n) is 3.37. The predicted molar refractivity (Wildman–Crippen MR) is 85.6 cm³/mol. The van der Waals surface area contributed by atoms with E-state index >= 15 is 0 Å². The quantitative estimate of drug-likeness (QED) is 0.788. The molecule has 0 bridgehead atoms. The number of hydrogen-bond acceptors (Lipinski definition) is 3. The largest absolute Gasteiger partial charge is 0.456 e. The summed E-state index contributed by atoms with van der Waals surface area (Å²) in [4.78, 5) is 26.3. The van der Waals surface area contributed by atoms with Gasteiger partial charge in [0.1, 0.15) is 18.2 Å². The molecule has 1 amide bonds. The van der Waals surface area contributed by atoms with Gasteiger partial charge in [-0.1, -0.05) is 18.2 Å². The maximum absolute atomic E-state index is 14.2. The highest BCUT2D eigenvalue weighted by Gasteiger charge is 2.43. The number of amides is 1. The molecule has 126 valence electrons. The van der Waals surface area contributed by atoms with Crippen LogP contribution in [0.15, 0.2) is 59.8 Å². The average Bonchev–Trinajstić information content (AvgIpc) is 2.98. The van der Waals surface area contributed by atoms with Gasteiger partial charge >= 0.3 is 5.97 Å². The molecule has 6 heteroatoms. The van der Waals surface area contributed by atoms with E-state index in [0.717, 1.165) is 0 Å². The van der Waals surface area contributed by atoms with Crippen LogP contribution in [-0.2, 0) is 14.3 Å². The molecule has 25 heavy (non-hydrogen) atoms. The smallest absolute Gasteiger partial charge is 0.336 e. The molecular weight excluding hydrogens is 328 g/mol. The van der Waals surface area contributed by atoms with Crippen molar-refractivity contribution < 1.29 is 23.1 Å². The van der Waals surface area contributed by atoms with Crippen molar-refractivity contribution in [3.8, 4) is 0 Å². The van der Waals surface area contributed by atoms with Gasteiger partial charge < -0.3 is 4.74 Å². The molecule has 2 aliphatic heterocycles. The fourth-order valence-corrected chi connectivity index (χ4v) is 3.37. The van der Waals surface area contributed by atoms with Gasteiger partial charge in [-0.2, -0.15) is 0 Å². The van der Waals surface area contributed by atoms with Gasteiger partial charge in [0.05, 0.1) is 11.3 Å². The van der Waals surface area contributed by atoms with E-state index in [4.69, 9.17) is 4.74 Å². The molecule has 1 atom stereocenters. The summed E-state index contributed by atoms with van der Waals surface area (Å²) in [5.41, 5.74) is 1.42. The molecule has 0 aliphatic carbocycles. The van der Waals surface area contributed by atoms with Crippen LogP contribution in [0, 0.1) is 11.6 Å². The molecular formula is C19H13F2NO3. The normalized spacial score (nSPS) is 19.9. The number of rotatable bonds is 2. The number of anilines is 1. The maximum atomic E-state index is 14.2. The maximum Gasteiger partial charge on any atom is 0.336 e. The lowest BCUT2D eigenvalue weighted by atomic mass is 9.84. The zero-order valence-corrected chi connectivity index (χ0v) is 13.0. The molecule has 2 aromatic carbocycles. The number of cyclic esters (lactones) is 1. The summed E-state index contributed by atoms with van der Waals surface area (Å²) in [6, 6.07) is 11.5. The molecule has 0 saturated carbocycles. The van der Waals surface area contributed by atoms with Gasteiger partial charge in [-0.15, -0.1) is 0 Å². The second-order valence-corrected chi connectivity index (χ2v) is 5.92. The first-order valence-electron chi connectivity index (χ1n) is 7.79. The molecule has 0 unspecified atom stereocenters. The van der Waals surface area contributed by atoms with Crippen LogP contribution in [0.3, 0.4) is 0 Å². The first kappa shape index (κ1) is 15.5. The van der Waals surface area contributed by atoms with E-state index in [9.17, 15) is 18.4 Å². The molecule has 0 spiro atoms. The molecule has 2 aliphatic rings. The molecule has 0 fully saturated rings. The van der Waals surface area contributed by atoms with Crippen molar-refractivity contribution in [2.75, 3.05) is 11.5 Å². The molecule has 2 heterocycles. The zero-order valence-electron chi connectivity index (χ0n) is 13.0. The van der Waals surface area contributed by atoms with Gasteiger partial charge in [0.25, 0.3) is 0 Å². The molecule has 0 radical (unpaired) electrons. The number of nitrogens with zero attached hydrogens (tertiary/aromatic N) is 1. The van der Waals surface area contributed by atoms with Crippen molar-refractivity contribution in [3.63, 3.8) is 0 Å². The summed E-state index contributed by atoms with van der Waals surface area (Å²) in [5, 5.41) is 0. The van der Waals surface area contributed by atoms with Gasteiger partial charge in [0.15, 0.2) is 0 Å². The third-order valence-electron chi connectivity index (χ3n) is 4.48. The monoisotopic (exact) mass is 341 g/mol. The Hall–Kier alpha value is -3.02. The van der Waals surface area contributed by atoms with E-state index in [0.29, 0.717) is 16.9 Å². The van der Waals surface area contributed by atoms with E-state index in [1.807, 2.05) is 0 Å². The number of carbonyl (C=O) groups excluding carboxylic acids is 2. The fraction of sp³-hybridized carbons (Fsp3) is 0.158. The Morgan fingerprint density at radius 1 is 1.00 bits per heavy atom. The minimum atomic E-state index is -0.685. The van der Waals surface area contributed by atoms with Crippen molar-refractivity contribution in [1.29, 1.82) is 0 Å². The first-order chi connectivity index (χ1) is 12.1. The molecule has 2 aromatic rings. The second kappa shape index (κ2) is 5.81. The Kier molecular flexibility index (Phi) is 3.60. The van der Waals surface area contributed by atoms with Crippen LogP contribution in [0.2, 0.25) is 0 Å². The molecule has 4 rings (SSSR count). The van der Waals surface area contributed by atoms with Crippen LogP contribution in [0.5, 0.6) is 0 Å². The van der Waals surface area contributed by atoms with Crippen molar-refractivity contribution in [2.24, 2.45) is 0 Å². The van der Waals surface area contributed by atoms with Crippen molar-refractivity contribution in [3.05, 3.63) is 77.0 Å². The van der Waals surface area contributed by atoms with Gasteiger partial charge in [-0.3, -0.25) is 9.69 Å². The lowest BCUT2D eigenvalue weighted by Crippen LogP contribution is -2.37. The number of esters is 1. The van der Waals surface area contributed by atoms with Gasteiger partial charge in [-0.25, -0.2) is 13.6 Å². The lowest BCUT2D eigenvalue weighted by Gasteiger charge is -2.31. The van der Waals surface area contributed by atoms with Crippen LogP contribution in [-0.4, -0.2) is 18.5 Å². The molecule has 0 saturated heterocycles. The summed E-state index contributed by atoms with van der Waals surface area (Å²) in [5.74, 6) is -2.43.